The van der Waals surface area contributed by atoms with E-state index in [0.29, 0.717) is 19.1 Å². The Hall–Kier alpha value is -2.38. The van der Waals surface area contributed by atoms with Gasteiger partial charge in [0.1, 0.15) is 5.82 Å². The topological polar surface area (TPSA) is 80.9 Å². The zero-order valence-corrected chi connectivity index (χ0v) is 14.1. The molecule has 1 atom stereocenters. The average Bonchev–Trinajstić information content (AvgIpc) is 3.20. The Morgan fingerprint density at radius 3 is 2.96 bits per heavy atom. The van der Waals surface area contributed by atoms with Crippen molar-refractivity contribution in [1.29, 1.82) is 0 Å². The van der Waals surface area contributed by atoms with Crippen LogP contribution in [0.5, 0.6) is 0 Å². The van der Waals surface area contributed by atoms with Crippen LogP contribution in [0.1, 0.15) is 44.4 Å². The molecule has 2 amide bonds. The van der Waals surface area contributed by atoms with Crippen LogP contribution in [0.2, 0.25) is 0 Å². The Balaban J connectivity index is 1.40. The molecule has 0 bridgehead atoms. The summed E-state index contributed by atoms with van der Waals surface area (Å²) in [6, 6.07) is 0.289. The van der Waals surface area contributed by atoms with Crippen LogP contribution in [-0.4, -0.2) is 42.0 Å². The highest BCUT2D eigenvalue weighted by atomic mass is 16.2. The molecule has 0 radical (unpaired) electrons. The van der Waals surface area contributed by atoms with Crippen LogP contribution in [-0.2, 0) is 19.5 Å². The lowest BCUT2D eigenvalue weighted by Crippen LogP contribution is -2.41. The molecule has 0 spiro atoms. The van der Waals surface area contributed by atoms with Crippen molar-refractivity contribution in [2.75, 3.05) is 11.9 Å². The summed E-state index contributed by atoms with van der Waals surface area (Å²) in [4.78, 5) is 14.3. The SMILES string of the molecule is CCc1nnc2n1CCN(C(=O)Nc1cnn(C(C)C3CC3)c1)C2. The van der Waals surface area contributed by atoms with Crippen LogP contribution < -0.4 is 5.32 Å². The smallest absolute Gasteiger partial charge is 0.315 e. The molecule has 8 nitrogen and oxygen atoms in total. The normalized spacial score (nSPS) is 18.3. The minimum atomic E-state index is -0.110. The number of amides is 2. The number of nitrogens with one attached hydrogen (secondary N) is 1. The first-order chi connectivity index (χ1) is 11.7. The van der Waals surface area contributed by atoms with E-state index < -0.39 is 0 Å². The van der Waals surface area contributed by atoms with Gasteiger partial charge in [-0.05, 0) is 25.7 Å². The first kappa shape index (κ1) is 15.2. The number of aryl methyl sites for hydroxylation is 1. The standard InChI is InChI=1S/C16H23N7O/c1-3-14-19-20-15-10-21(6-7-22(14)15)16(24)18-13-8-17-23(9-13)11(2)12-4-5-12/h8-9,11-12H,3-7,10H2,1-2H3,(H,18,24). The van der Waals surface area contributed by atoms with Gasteiger partial charge in [-0.2, -0.15) is 5.10 Å². The number of fused-ring (bicyclic) bond motifs is 1. The molecule has 1 fully saturated rings. The van der Waals surface area contributed by atoms with Gasteiger partial charge >= 0.3 is 6.03 Å². The quantitative estimate of drug-likeness (QED) is 0.931. The third-order valence-electron chi connectivity index (χ3n) is 5.01. The van der Waals surface area contributed by atoms with Crippen LogP contribution in [0, 0.1) is 5.92 Å². The molecule has 4 rings (SSSR count). The lowest BCUT2D eigenvalue weighted by Gasteiger charge is -2.27. The van der Waals surface area contributed by atoms with E-state index in [1.165, 1.54) is 12.8 Å². The summed E-state index contributed by atoms with van der Waals surface area (Å²) in [6.07, 6.45) is 7.05. The number of nitrogens with zero attached hydrogens (tertiary/aromatic N) is 6. The maximum Gasteiger partial charge on any atom is 0.322 e. The van der Waals surface area contributed by atoms with Crippen LogP contribution in [0.3, 0.4) is 0 Å². The van der Waals surface area contributed by atoms with Crippen molar-refractivity contribution >= 4 is 11.7 Å². The van der Waals surface area contributed by atoms with E-state index in [-0.39, 0.29) is 6.03 Å². The Kier molecular flexibility index (Phi) is 3.74. The molecular formula is C16H23N7O. The van der Waals surface area contributed by atoms with Gasteiger partial charge in [0.15, 0.2) is 5.82 Å². The van der Waals surface area contributed by atoms with Crippen LogP contribution in [0.25, 0.3) is 0 Å². The molecule has 2 aromatic heterocycles. The second-order valence-electron chi connectivity index (χ2n) is 6.68. The van der Waals surface area contributed by atoms with Gasteiger partial charge in [-0.3, -0.25) is 4.68 Å². The molecule has 1 aliphatic heterocycles. The molecule has 2 aromatic rings. The summed E-state index contributed by atoms with van der Waals surface area (Å²) >= 11 is 0. The van der Waals surface area contributed by atoms with E-state index in [1.807, 2.05) is 10.9 Å². The Morgan fingerprint density at radius 2 is 2.21 bits per heavy atom. The molecular weight excluding hydrogens is 306 g/mol. The predicted octanol–water partition coefficient (Wildman–Crippen LogP) is 2.06. The minimum absolute atomic E-state index is 0.110. The van der Waals surface area contributed by atoms with Crippen molar-refractivity contribution < 1.29 is 4.79 Å². The molecule has 1 unspecified atom stereocenters. The van der Waals surface area contributed by atoms with Gasteiger partial charge in [0.25, 0.3) is 0 Å². The summed E-state index contributed by atoms with van der Waals surface area (Å²) in [5.74, 6) is 2.57. The number of aromatic nitrogens is 5. The molecule has 1 aliphatic carbocycles. The number of carbonyl (C=O) groups is 1. The second-order valence-corrected chi connectivity index (χ2v) is 6.68. The zero-order chi connectivity index (χ0) is 16.7. The summed E-state index contributed by atoms with van der Waals surface area (Å²) < 4.78 is 4.06. The third-order valence-corrected chi connectivity index (χ3v) is 5.01. The molecule has 24 heavy (non-hydrogen) atoms. The summed E-state index contributed by atoms with van der Waals surface area (Å²) in [6.45, 7) is 6.15. The highest BCUT2D eigenvalue weighted by Gasteiger charge is 2.30. The minimum Gasteiger partial charge on any atom is -0.315 e. The van der Waals surface area contributed by atoms with Crippen molar-refractivity contribution in [3.05, 3.63) is 24.0 Å². The summed E-state index contributed by atoms with van der Waals surface area (Å²) in [7, 11) is 0. The van der Waals surface area contributed by atoms with Gasteiger partial charge in [0.05, 0.1) is 24.5 Å². The van der Waals surface area contributed by atoms with Crippen molar-refractivity contribution in [1.82, 2.24) is 29.4 Å². The zero-order valence-electron chi connectivity index (χ0n) is 14.1. The lowest BCUT2D eigenvalue weighted by atomic mass is 10.2. The van der Waals surface area contributed by atoms with E-state index in [1.54, 1.807) is 11.1 Å². The molecule has 3 heterocycles. The van der Waals surface area contributed by atoms with E-state index in [0.717, 1.165) is 36.2 Å². The van der Waals surface area contributed by atoms with Gasteiger partial charge in [-0.1, -0.05) is 6.92 Å². The van der Waals surface area contributed by atoms with Crippen molar-refractivity contribution in [3.8, 4) is 0 Å². The Bertz CT molecular complexity index is 745. The van der Waals surface area contributed by atoms with Crippen LogP contribution >= 0.6 is 0 Å². The largest absolute Gasteiger partial charge is 0.322 e. The highest BCUT2D eigenvalue weighted by Crippen LogP contribution is 2.39. The molecule has 8 heteroatoms. The number of anilines is 1. The predicted molar refractivity (Wildman–Crippen MR) is 88.5 cm³/mol. The van der Waals surface area contributed by atoms with Gasteiger partial charge in [0.2, 0.25) is 0 Å². The molecule has 0 saturated heterocycles. The van der Waals surface area contributed by atoms with Crippen molar-refractivity contribution in [3.63, 3.8) is 0 Å². The lowest BCUT2D eigenvalue weighted by molar-refractivity contribution is 0.195. The van der Waals surface area contributed by atoms with Gasteiger partial charge in [-0.25, -0.2) is 4.79 Å². The van der Waals surface area contributed by atoms with Gasteiger partial charge < -0.3 is 14.8 Å². The second kappa shape index (κ2) is 5.92. The van der Waals surface area contributed by atoms with Crippen LogP contribution in [0.4, 0.5) is 10.5 Å². The monoisotopic (exact) mass is 329 g/mol. The van der Waals surface area contributed by atoms with Crippen molar-refractivity contribution in [2.45, 2.75) is 52.2 Å². The molecule has 1 saturated carbocycles. The van der Waals surface area contributed by atoms with E-state index in [4.69, 9.17) is 0 Å². The molecule has 1 N–H and O–H groups in total. The molecule has 2 aliphatic rings. The third kappa shape index (κ3) is 2.76. The van der Waals surface area contributed by atoms with E-state index >= 15 is 0 Å². The summed E-state index contributed by atoms with van der Waals surface area (Å²) in [5, 5.41) is 15.7. The Morgan fingerprint density at radius 1 is 1.38 bits per heavy atom. The number of carbonyl (C=O) groups excluding carboxylic acids is 1. The summed E-state index contributed by atoms with van der Waals surface area (Å²) in [5.41, 5.74) is 0.744. The maximum atomic E-state index is 12.5. The fourth-order valence-electron chi connectivity index (χ4n) is 3.28. The van der Waals surface area contributed by atoms with Crippen LogP contribution in [0.15, 0.2) is 12.4 Å². The number of hydrogen-bond acceptors (Lipinski definition) is 4. The first-order valence-corrected chi connectivity index (χ1v) is 8.66. The average molecular weight is 329 g/mol. The van der Waals surface area contributed by atoms with Crippen molar-refractivity contribution in [2.24, 2.45) is 5.92 Å². The molecule has 128 valence electrons. The van der Waals surface area contributed by atoms with Gasteiger partial charge in [-0.15, -0.1) is 10.2 Å². The number of urea groups is 1. The Labute approximate surface area is 140 Å². The number of hydrogen-bond donors (Lipinski definition) is 1. The van der Waals surface area contributed by atoms with E-state index in [2.05, 4.69) is 39.0 Å². The number of rotatable bonds is 4. The fourth-order valence-corrected chi connectivity index (χ4v) is 3.28. The van der Waals surface area contributed by atoms with Gasteiger partial charge in [0, 0.05) is 25.7 Å². The fraction of sp³-hybridized carbons (Fsp3) is 0.625. The molecule has 0 aromatic carbocycles. The first-order valence-electron chi connectivity index (χ1n) is 8.66. The highest BCUT2D eigenvalue weighted by molar-refractivity contribution is 5.89. The van der Waals surface area contributed by atoms with E-state index in [9.17, 15) is 4.79 Å². The maximum absolute atomic E-state index is 12.5.